The van der Waals surface area contributed by atoms with Crippen LogP contribution < -0.4 is 0 Å². The highest BCUT2D eigenvalue weighted by Crippen LogP contribution is 2.60. The molecule has 9 heteroatoms. The Hall–Kier alpha value is -2.03. The van der Waals surface area contributed by atoms with Gasteiger partial charge in [0.05, 0.1) is 22.4 Å². The minimum Gasteiger partial charge on any atom is -0.292 e. The summed E-state index contributed by atoms with van der Waals surface area (Å²) in [6.07, 6.45) is 0.983. The molecular formula is C26H23Br2ClN2O4. The Morgan fingerprint density at radius 3 is 2.06 bits per heavy atom. The minimum absolute atomic E-state index is 0.0157. The topological polar surface area (TPSA) is 74.8 Å². The molecule has 2 aromatic carbocycles. The van der Waals surface area contributed by atoms with Crippen molar-refractivity contribution in [2.75, 3.05) is 0 Å². The Morgan fingerprint density at radius 1 is 0.971 bits per heavy atom. The SMILES string of the molecule is CC[C@H](C(=O)c1ccccc1)N(C(=O)c1ccccc1Cl)N1C(=O)[C@@H]2[C@H]3C[C@@H]([C@H](Br)[C@H]3Br)[C@H]2C1=O. The Kier molecular flexibility index (Phi) is 6.66. The number of hydrogen-bond acceptors (Lipinski definition) is 4. The molecule has 3 amide bonds. The van der Waals surface area contributed by atoms with Crippen LogP contribution in [0, 0.1) is 23.7 Å². The molecule has 0 radical (unpaired) electrons. The van der Waals surface area contributed by atoms with E-state index in [1.165, 1.54) is 6.07 Å². The number of benzene rings is 2. The van der Waals surface area contributed by atoms with E-state index in [0.717, 1.165) is 16.4 Å². The van der Waals surface area contributed by atoms with Crippen LogP contribution in [0.2, 0.25) is 5.02 Å². The maximum atomic E-state index is 13.9. The molecular weight excluding hydrogens is 600 g/mol. The molecule has 0 aromatic heterocycles. The molecule has 0 spiro atoms. The van der Waals surface area contributed by atoms with Crippen molar-refractivity contribution in [1.82, 2.24) is 10.0 Å². The predicted molar refractivity (Wildman–Crippen MR) is 138 cm³/mol. The molecule has 3 fully saturated rings. The van der Waals surface area contributed by atoms with Gasteiger partial charge in [0, 0.05) is 15.2 Å². The number of alkyl halides is 2. The van der Waals surface area contributed by atoms with Crippen LogP contribution in [0.4, 0.5) is 0 Å². The second-order valence-electron chi connectivity index (χ2n) is 9.28. The number of halogens is 3. The summed E-state index contributed by atoms with van der Waals surface area (Å²) in [6, 6.07) is 14.0. The maximum absolute atomic E-state index is 13.9. The van der Waals surface area contributed by atoms with Gasteiger partial charge in [0.25, 0.3) is 17.7 Å². The van der Waals surface area contributed by atoms with Crippen molar-refractivity contribution < 1.29 is 19.2 Å². The van der Waals surface area contributed by atoms with Crippen LogP contribution in [-0.4, -0.2) is 49.2 Å². The molecule has 2 aliphatic carbocycles. The van der Waals surface area contributed by atoms with Crippen LogP contribution in [0.15, 0.2) is 54.6 Å². The molecule has 2 bridgehead atoms. The molecule has 2 aromatic rings. The lowest BCUT2D eigenvalue weighted by atomic mass is 9.81. The average molecular weight is 623 g/mol. The van der Waals surface area contributed by atoms with Gasteiger partial charge in [-0.1, -0.05) is 92.8 Å². The highest BCUT2D eigenvalue weighted by Gasteiger charge is 2.68. The maximum Gasteiger partial charge on any atom is 0.275 e. The minimum atomic E-state index is -1.05. The van der Waals surface area contributed by atoms with Crippen LogP contribution in [0.25, 0.3) is 0 Å². The van der Waals surface area contributed by atoms with E-state index in [-0.39, 0.29) is 44.3 Å². The second-order valence-corrected chi connectivity index (χ2v) is 11.8. The van der Waals surface area contributed by atoms with Crippen LogP contribution in [0.3, 0.4) is 0 Å². The van der Waals surface area contributed by atoms with E-state index in [9.17, 15) is 19.2 Å². The van der Waals surface area contributed by atoms with Gasteiger partial charge in [-0.25, -0.2) is 5.01 Å². The molecule has 2 saturated carbocycles. The highest BCUT2D eigenvalue weighted by atomic mass is 79.9. The van der Waals surface area contributed by atoms with E-state index >= 15 is 0 Å². The number of fused-ring (bicyclic) bond motifs is 5. The fourth-order valence-corrected chi connectivity index (χ4v) is 8.03. The van der Waals surface area contributed by atoms with Gasteiger partial charge in [-0.3, -0.25) is 19.2 Å². The van der Waals surface area contributed by atoms with Crippen molar-refractivity contribution in [2.45, 2.75) is 35.5 Å². The number of hydrazine groups is 1. The molecule has 7 atom stereocenters. The fraction of sp³-hybridized carbons (Fsp3) is 0.385. The lowest BCUT2D eigenvalue weighted by molar-refractivity contribution is -0.157. The summed E-state index contributed by atoms with van der Waals surface area (Å²) in [4.78, 5) is 55.3. The number of hydrogen-bond donors (Lipinski definition) is 0. The molecule has 182 valence electrons. The van der Waals surface area contributed by atoms with Gasteiger partial charge in [0.2, 0.25) is 0 Å². The highest BCUT2D eigenvalue weighted by molar-refractivity contribution is 9.12. The first-order valence-corrected chi connectivity index (χ1v) is 13.8. The summed E-state index contributed by atoms with van der Waals surface area (Å²) < 4.78 is 0. The van der Waals surface area contributed by atoms with E-state index in [1.54, 1.807) is 55.5 Å². The molecule has 1 aliphatic heterocycles. The molecule has 6 nitrogen and oxygen atoms in total. The zero-order chi connectivity index (χ0) is 25.0. The number of rotatable bonds is 6. The second kappa shape index (κ2) is 9.45. The summed E-state index contributed by atoms with van der Waals surface area (Å²) >= 11 is 13.7. The number of amides is 3. The van der Waals surface area contributed by atoms with Crippen molar-refractivity contribution in [3.8, 4) is 0 Å². The molecule has 0 unspecified atom stereocenters. The molecule has 1 saturated heterocycles. The van der Waals surface area contributed by atoms with Gasteiger partial charge in [0.15, 0.2) is 5.78 Å². The van der Waals surface area contributed by atoms with Crippen LogP contribution >= 0.6 is 43.5 Å². The number of carbonyl (C=O) groups excluding carboxylic acids is 4. The van der Waals surface area contributed by atoms with E-state index in [0.29, 0.717) is 5.56 Å². The first kappa shape index (κ1) is 24.7. The number of imide groups is 1. The van der Waals surface area contributed by atoms with Crippen LogP contribution in [0.5, 0.6) is 0 Å². The van der Waals surface area contributed by atoms with Crippen LogP contribution in [0.1, 0.15) is 40.5 Å². The van der Waals surface area contributed by atoms with E-state index in [4.69, 9.17) is 11.6 Å². The number of Topliss-reactive ketones (excluding diaryl/α,β-unsaturated/α-hetero) is 1. The Balaban J connectivity index is 1.60. The van der Waals surface area contributed by atoms with Crippen LogP contribution in [-0.2, 0) is 9.59 Å². The van der Waals surface area contributed by atoms with Gasteiger partial charge in [-0.2, -0.15) is 5.01 Å². The molecule has 35 heavy (non-hydrogen) atoms. The smallest absolute Gasteiger partial charge is 0.275 e. The van der Waals surface area contributed by atoms with Gasteiger partial charge < -0.3 is 0 Å². The lowest BCUT2D eigenvalue weighted by Crippen LogP contribution is -2.57. The summed E-state index contributed by atoms with van der Waals surface area (Å²) in [7, 11) is 0. The molecule has 5 rings (SSSR count). The quantitative estimate of drug-likeness (QED) is 0.254. The lowest BCUT2D eigenvalue weighted by Gasteiger charge is -2.36. The first-order valence-electron chi connectivity index (χ1n) is 11.6. The van der Waals surface area contributed by atoms with Crippen molar-refractivity contribution in [1.29, 1.82) is 0 Å². The van der Waals surface area contributed by atoms with E-state index < -0.39 is 35.6 Å². The number of ketones is 1. The normalized spacial score (nSPS) is 29.9. The van der Waals surface area contributed by atoms with Crippen molar-refractivity contribution >= 4 is 67.0 Å². The molecule has 0 N–H and O–H groups in total. The van der Waals surface area contributed by atoms with Gasteiger partial charge in [-0.15, -0.1) is 0 Å². The molecule has 3 aliphatic rings. The number of carbonyl (C=O) groups is 4. The van der Waals surface area contributed by atoms with Crippen molar-refractivity contribution in [3.05, 3.63) is 70.7 Å². The van der Waals surface area contributed by atoms with E-state index in [1.807, 2.05) is 0 Å². The largest absolute Gasteiger partial charge is 0.292 e. The average Bonchev–Trinajstić information content (AvgIpc) is 3.48. The predicted octanol–water partition coefficient (Wildman–Crippen LogP) is 5.14. The van der Waals surface area contributed by atoms with Gasteiger partial charge in [-0.05, 0) is 36.8 Å². The third-order valence-corrected chi connectivity index (χ3v) is 11.1. The first-order chi connectivity index (χ1) is 16.8. The van der Waals surface area contributed by atoms with Crippen molar-refractivity contribution in [3.63, 3.8) is 0 Å². The number of nitrogens with zero attached hydrogens (tertiary/aromatic N) is 2. The third kappa shape index (κ3) is 3.80. The standard InChI is InChI=1S/C26H23Br2ClN2O4/c1-2-18(23(32)13-8-4-3-5-9-13)30(24(33)14-10-6-7-11-17(14)29)31-25(34)19-15-12-16(20(19)26(31)35)22(28)21(15)27/h3-11,15-16,18-22H,2,12H2,1H3/t15-,16-,18-,19-,20-,21+,22+/m1/s1. The third-order valence-electron chi connectivity index (χ3n) is 7.53. The van der Waals surface area contributed by atoms with Crippen molar-refractivity contribution in [2.24, 2.45) is 23.7 Å². The van der Waals surface area contributed by atoms with Gasteiger partial charge >= 0.3 is 0 Å². The summed E-state index contributed by atoms with van der Waals surface area (Å²) in [6.45, 7) is 1.76. The zero-order valence-electron chi connectivity index (χ0n) is 18.8. The molecule has 1 heterocycles. The summed E-state index contributed by atoms with van der Waals surface area (Å²) in [5.41, 5.74) is 0.530. The summed E-state index contributed by atoms with van der Waals surface area (Å²) in [5.74, 6) is -2.89. The fourth-order valence-electron chi connectivity index (χ4n) is 5.94. The van der Waals surface area contributed by atoms with Gasteiger partial charge in [0.1, 0.15) is 6.04 Å². The summed E-state index contributed by atoms with van der Waals surface area (Å²) in [5, 5.41) is 2.22. The monoisotopic (exact) mass is 620 g/mol. The Morgan fingerprint density at radius 2 is 1.51 bits per heavy atom. The Labute approximate surface area is 225 Å². The zero-order valence-corrected chi connectivity index (χ0v) is 22.7. The Bertz CT molecular complexity index is 1180. The van der Waals surface area contributed by atoms with E-state index in [2.05, 4.69) is 31.9 Å².